The van der Waals surface area contributed by atoms with Crippen LogP contribution in [0.2, 0.25) is 0 Å². The number of benzene rings is 1. The maximum atomic E-state index is 11.9. The van der Waals surface area contributed by atoms with Crippen LogP contribution in [-0.4, -0.2) is 23.5 Å². The summed E-state index contributed by atoms with van der Waals surface area (Å²) in [6.07, 6.45) is 0.402. The summed E-state index contributed by atoms with van der Waals surface area (Å²) in [6.45, 7) is 7.60. The third-order valence-electron chi connectivity index (χ3n) is 3.38. The number of carboxylic acid groups (broad SMARTS) is 1. The number of aliphatic carboxylic acids is 1. The minimum atomic E-state index is -0.854. The number of hydrogen-bond acceptors (Lipinski definition) is 2. The van der Waals surface area contributed by atoms with Gasteiger partial charge in [-0.2, -0.15) is 0 Å². The van der Waals surface area contributed by atoms with Gasteiger partial charge in [-0.15, -0.1) is 0 Å². The number of carbonyl (C=O) groups is 2. The molecule has 19 heavy (non-hydrogen) atoms. The molecule has 0 unspecified atom stereocenters. The lowest BCUT2D eigenvalue weighted by Gasteiger charge is -2.18. The Hall–Kier alpha value is -1.84. The smallest absolute Gasteiger partial charge is 0.309 e. The number of carbonyl (C=O) groups excluding carboxylic acids is 1. The topological polar surface area (TPSA) is 66.4 Å². The second kappa shape index (κ2) is 5.87. The minimum absolute atomic E-state index is 0.163. The highest BCUT2D eigenvalue weighted by molar-refractivity contribution is 5.94. The van der Waals surface area contributed by atoms with Crippen molar-refractivity contribution >= 4 is 11.9 Å². The Morgan fingerprint density at radius 1 is 1.21 bits per heavy atom. The molecule has 0 saturated heterocycles. The quantitative estimate of drug-likeness (QED) is 0.858. The standard InChI is InChI=1S/C15H21NO3/c1-10-5-6-12(9-11(10)2)13(17)16-8-7-15(3,4)14(18)19/h5-6,9H,7-8H2,1-4H3,(H,16,17)(H,18,19). The van der Waals surface area contributed by atoms with Crippen molar-refractivity contribution in [1.29, 1.82) is 0 Å². The fourth-order valence-corrected chi connectivity index (χ4v) is 1.58. The van der Waals surface area contributed by atoms with Crippen LogP contribution >= 0.6 is 0 Å². The van der Waals surface area contributed by atoms with Crippen LogP contribution in [0.25, 0.3) is 0 Å². The van der Waals surface area contributed by atoms with Crippen molar-refractivity contribution in [3.8, 4) is 0 Å². The van der Waals surface area contributed by atoms with Gasteiger partial charge in [0.25, 0.3) is 5.91 Å². The van der Waals surface area contributed by atoms with Crippen LogP contribution in [0.15, 0.2) is 18.2 Å². The summed E-state index contributed by atoms with van der Waals surface area (Å²) in [6, 6.07) is 5.53. The SMILES string of the molecule is Cc1ccc(C(=O)NCCC(C)(C)C(=O)O)cc1C. The van der Waals surface area contributed by atoms with Crippen molar-refractivity contribution in [3.05, 3.63) is 34.9 Å². The monoisotopic (exact) mass is 263 g/mol. The largest absolute Gasteiger partial charge is 0.481 e. The van der Waals surface area contributed by atoms with E-state index in [1.807, 2.05) is 26.0 Å². The van der Waals surface area contributed by atoms with Gasteiger partial charge in [-0.25, -0.2) is 0 Å². The van der Waals surface area contributed by atoms with Crippen LogP contribution in [0, 0.1) is 19.3 Å². The molecule has 1 aromatic rings. The molecule has 2 N–H and O–H groups in total. The van der Waals surface area contributed by atoms with Crippen LogP contribution in [0.1, 0.15) is 41.8 Å². The van der Waals surface area contributed by atoms with E-state index in [0.717, 1.165) is 11.1 Å². The van der Waals surface area contributed by atoms with E-state index in [0.29, 0.717) is 18.5 Å². The van der Waals surface area contributed by atoms with Crippen molar-refractivity contribution < 1.29 is 14.7 Å². The molecule has 0 fully saturated rings. The Bertz CT molecular complexity index is 492. The highest BCUT2D eigenvalue weighted by Gasteiger charge is 2.26. The molecule has 0 aliphatic rings. The summed E-state index contributed by atoms with van der Waals surface area (Å²) in [5.41, 5.74) is 1.99. The zero-order valence-electron chi connectivity index (χ0n) is 11.9. The molecule has 1 amide bonds. The molecular formula is C15H21NO3. The van der Waals surface area contributed by atoms with Gasteiger partial charge in [-0.05, 0) is 57.4 Å². The number of rotatable bonds is 5. The van der Waals surface area contributed by atoms with Gasteiger partial charge in [0.05, 0.1) is 5.41 Å². The molecule has 0 saturated carbocycles. The Balaban J connectivity index is 2.57. The summed E-state index contributed by atoms with van der Waals surface area (Å²) >= 11 is 0. The van der Waals surface area contributed by atoms with E-state index in [9.17, 15) is 9.59 Å². The minimum Gasteiger partial charge on any atom is -0.481 e. The first-order chi connectivity index (χ1) is 8.74. The van der Waals surface area contributed by atoms with E-state index >= 15 is 0 Å². The Morgan fingerprint density at radius 2 is 1.84 bits per heavy atom. The van der Waals surface area contributed by atoms with Crippen molar-refractivity contribution in [2.45, 2.75) is 34.1 Å². The normalized spacial score (nSPS) is 11.2. The van der Waals surface area contributed by atoms with Gasteiger partial charge in [-0.3, -0.25) is 9.59 Å². The van der Waals surface area contributed by atoms with E-state index in [4.69, 9.17) is 5.11 Å². The maximum absolute atomic E-state index is 11.9. The van der Waals surface area contributed by atoms with E-state index in [1.54, 1.807) is 19.9 Å². The fraction of sp³-hybridized carbons (Fsp3) is 0.467. The zero-order valence-corrected chi connectivity index (χ0v) is 11.9. The Kier molecular flexibility index (Phi) is 4.70. The van der Waals surface area contributed by atoms with Crippen LogP contribution in [0.5, 0.6) is 0 Å². The van der Waals surface area contributed by atoms with Gasteiger partial charge in [-0.1, -0.05) is 6.07 Å². The third-order valence-corrected chi connectivity index (χ3v) is 3.38. The third kappa shape index (κ3) is 4.09. The molecule has 4 heteroatoms. The lowest BCUT2D eigenvalue weighted by atomic mass is 9.89. The summed E-state index contributed by atoms with van der Waals surface area (Å²) in [4.78, 5) is 22.8. The maximum Gasteiger partial charge on any atom is 0.309 e. The highest BCUT2D eigenvalue weighted by atomic mass is 16.4. The molecule has 0 aliphatic heterocycles. The molecule has 104 valence electrons. The molecule has 0 aliphatic carbocycles. The second-order valence-corrected chi connectivity index (χ2v) is 5.49. The first-order valence-electron chi connectivity index (χ1n) is 6.33. The molecule has 0 aromatic heterocycles. The summed E-state index contributed by atoms with van der Waals surface area (Å²) in [7, 11) is 0. The van der Waals surface area contributed by atoms with Gasteiger partial charge in [0.2, 0.25) is 0 Å². The van der Waals surface area contributed by atoms with Gasteiger partial charge in [0.15, 0.2) is 0 Å². The molecule has 0 radical (unpaired) electrons. The number of hydrogen-bond donors (Lipinski definition) is 2. The van der Waals surface area contributed by atoms with Crippen molar-refractivity contribution in [3.63, 3.8) is 0 Å². The predicted octanol–water partition coefficient (Wildman–Crippen LogP) is 2.53. The first kappa shape index (κ1) is 15.2. The van der Waals surface area contributed by atoms with Crippen LogP contribution in [-0.2, 0) is 4.79 Å². The Morgan fingerprint density at radius 3 is 2.37 bits per heavy atom. The summed E-state index contributed by atoms with van der Waals surface area (Å²) in [5.74, 6) is -1.02. The van der Waals surface area contributed by atoms with Gasteiger partial charge in [0, 0.05) is 12.1 Å². The van der Waals surface area contributed by atoms with E-state index in [2.05, 4.69) is 5.32 Å². The van der Waals surface area contributed by atoms with Gasteiger partial charge >= 0.3 is 5.97 Å². The molecular weight excluding hydrogens is 242 g/mol. The highest BCUT2D eigenvalue weighted by Crippen LogP contribution is 2.19. The van der Waals surface area contributed by atoms with Crippen LogP contribution in [0.3, 0.4) is 0 Å². The lowest BCUT2D eigenvalue weighted by Crippen LogP contribution is -2.32. The molecule has 0 bridgehead atoms. The summed E-state index contributed by atoms with van der Waals surface area (Å²) in [5, 5.41) is 11.7. The molecule has 1 rings (SSSR count). The number of amides is 1. The molecule has 0 heterocycles. The van der Waals surface area contributed by atoms with Crippen molar-refractivity contribution in [2.24, 2.45) is 5.41 Å². The molecule has 1 aromatic carbocycles. The lowest BCUT2D eigenvalue weighted by molar-refractivity contribution is -0.147. The van der Waals surface area contributed by atoms with Crippen molar-refractivity contribution in [1.82, 2.24) is 5.32 Å². The van der Waals surface area contributed by atoms with E-state index in [1.165, 1.54) is 0 Å². The average Bonchev–Trinajstić information content (AvgIpc) is 2.32. The zero-order chi connectivity index (χ0) is 14.6. The number of aryl methyl sites for hydroxylation is 2. The first-order valence-corrected chi connectivity index (χ1v) is 6.33. The van der Waals surface area contributed by atoms with Gasteiger partial charge < -0.3 is 10.4 Å². The molecule has 0 atom stereocenters. The molecule has 4 nitrogen and oxygen atoms in total. The van der Waals surface area contributed by atoms with E-state index < -0.39 is 11.4 Å². The molecule has 0 spiro atoms. The van der Waals surface area contributed by atoms with Crippen LogP contribution < -0.4 is 5.32 Å². The average molecular weight is 263 g/mol. The second-order valence-electron chi connectivity index (χ2n) is 5.49. The van der Waals surface area contributed by atoms with Crippen molar-refractivity contribution in [2.75, 3.05) is 6.54 Å². The Labute approximate surface area is 113 Å². The van der Waals surface area contributed by atoms with Crippen LogP contribution in [0.4, 0.5) is 0 Å². The fourth-order valence-electron chi connectivity index (χ4n) is 1.58. The predicted molar refractivity (Wildman–Crippen MR) is 74.3 cm³/mol. The number of carboxylic acids is 1. The summed E-state index contributed by atoms with van der Waals surface area (Å²) < 4.78 is 0. The van der Waals surface area contributed by atoms with E-state index in [-0.39, 0.29) is 5.91 Å². The van der Waals surface area contributed by atoms with Gasteiger partial charge in [0.1, 0.15) is 0 Å². The number of nitrogens with one attached hydrogen (secondary N) is 1.